The van der Waals surface area contributed by atoms with Gasteiger partial charge in [0, 0.05) is 11.1 Å². The lowest BCUT2D eigenvalue weighted by molar-refractivity contribution is -0.150. The molecule has 1 aliphatic heterocycles. The van der Waals surface area contributed by atoms with Gasteiger partial charge in [0.1, 0.15) is 5.75 Å². The summed E-state index contributed by atoms with van der Waals surface area (Å²) in [6.07, 6.45) is -0.665. The molecule has 6 heteroatoms. The highest BCUT2D eigenvalue weighted by Crippen LogP contribution is 2.30. The lowest BCUT2D eigenvalue weighted by atomic mass is 10.1. The number of ether oxygens (including phenoxy) is 2. The molecule has 2 rings (SSSR count). The fraction of sp³-hybridized carbons (Fsp3) is 0.500. The van der Waals surface area contributed by atoms with Crippen molar-refractivity contribution in [2.24, 2.45) is 0 Å². The SMILES string of the molecule is CCOC(=O)C1CNc2cc(C(=O)NC(C)(C)C)ccc2O1. The number of esters is 1. The molecule has 1 aromatic carbocycles. The van der Waals surface area contributed by atoms with Crippen LogP contribution < -0.4 is 15.4 Å². The number of carbonyl (C=O) groups excluding carboxylic acids is 2. The van der Waals surface area contributed by atoms with Crippen LogP contribution in [-0.2, 0) is 9.53 Å². The highest BCUT2D eigenvalue weighted by atomic mass is 16.6. The van der Waals surface area contributed by atoms with Gasteiger partial charge in [-0.15, -0.1) is 0 Å². The average molecular weight is 306 g/mol. The van der Waals surface area contributed by atoms with Crippen molar-refractivity contribution in [1.29, 1.82) is 0 Å². The second kappa shape index (κ2) is 6.25. The zero-order chi connectivity index (χ0) is 16.3. The number of carbonyl (C=O) groups is 2. The third-order valence-electron chi connectivity index (χ3n) is 3.03. The van der Waals surface area contributed by atoms with Crippen molar-refractivity contribution in [3.8, 4) is 5.75 Å². The van der Waals surface area contributed by atoms with Crippen molar-refractivity contribution in [2.45, 2.75) is 39.3 Å². The van der Waals surface area contributed by atoms with Gasteiger partial charge in [-0.1, -0.05) is 0 Å². The first-order valence-electron chi connectivity index (χ1n) is 7.34. The molecule has 0 aliphatic carbocycles. The van der Waals surface area contributed by atoms with Crippen LogP contribution in [0, 0.1) is 0 Å². The third-order valence-corrected chi connectivity index (χ3v) is 3.03. The predicted octanol–water partition coefficient (Wildman–Crippen LogP) is 1.95. The maximum Gasteiger partial charge on any atom is 0.349 e. The fourth-order valence-electron chi connectivity index (χ4n) is 2.09. The number of fused-ring (bicyclic) bond motifs is 1. The molecule has 120 valence electrons. The molecule has 0 saturated carbocycles. The number of hydrogen-bond acceptors (Lipinski definition) is 5. The summed E-state index contributed by atoms with van der Waals surface area (Å²) in [4.78, 5) is 23.8. The van der Waals surface area contributed by atoms with Gasteiger partial charge in [0.25, 0.3) is 5.91 Å². The van der Waals surface area contributed by atoms with E-state index < -0.39 is 12.1 Å². The van der Waals surface area contributed by atoms with E-state index in [1.165, 1.54) is 0 Å². The first-order valence-corrected chi connectivity index (χ1v) is 7.34. The standard InChI is InChI=1S/C16H22N2O4/c1-5-21-15(20)13-9-17-11-8-10(6-7-12(11)22-13)14(19)18-16(2,3)4/h6-8,13,17H,5,9H2,1-4H3,(H,18,19). The number of anilines is 1. The number of amides is 1. The molecule has 0 bridgehead atoms. The molecular formula is C16H22N2O4. The molecule has 0 saturated heterocycles. The highest BCUT2D eigenvalue weighted by molar-refractivity contribution is 5.96. The minimum atomic E-state index is -0.665. The summed E-state index contributed by atoms with van der Waals surface area (Å²) in [6.45, 7) is 8.16. The summed E-state index contributed by atoms with van der Waals surface area (Å²) in [5, 5.41) is 6.01. The van der Waals surface area contributed by atoms with Crippen LogP contribution >= 0.6 is 0 Å². The maximum atomic E-state index is 12.2. The van der Waals surface area contributed by atoms with Crippen molar-refractivity contribution >= 4 is 17.6 Å². The van der Waals surface area contributed by atoms with Gasteiger partial charge in [0.2, 0.25) is 6.10 Å². The minimum Gasteiger partial charge on any atom is -0.475 e. The average Bonchev–Trinajstić information content (AvgIpc) is 2.44. The summed E-state index contributed by atoms with van der Waals surface area (Å²) < 4.78 is 10.6. The van der Waals surface area contributed by atoms with Gasteiger partial charge in [-0.2, -0.15) is 0 Å². The molecule has 22 heavy (non-hydrogen) atoms. The molecule has 2 N–H and O–H groups in total. The number of hydrogen-bond donors (Lipinski definition) is 2. The van der Waals surface area contributed by atoms with Gasteiger partial charge >= 0.3 is 5.97 Å². The molecule has 1 aromatic rings. The van der Waals surface area contributed by atoms with Crippen molar-refractivity contribution in [3.05, 3.63) is 23.8 Å². The Balaban J connectivity index is 2.11. The Labute approximate surface area is 130 Å². The Kier molecular flexibility index (Phi) is 4.59. The molecular weight excluding hydrogens is 284 g/mol. The Morgan fingerprint density at radius 3 is 2.77 bits per heavy atom. The summed E-state index contributed by atoms with van der Waals surface area (Å²) in [5.41, 5.74) is 0.938. The Bertz CT molecular complexity index is 578. The fourth-order valence-corrected chi connectivity index (χ4v) is 2.09. The first kappa shape index (κ1) is 16.1. The number of rotatable bonds is 3. The van der Waals surface area contributed by atoms with Crippen LogP contribution in [0.1, 0.15) is 38.1 Å². The quantitative estimate of drug-likeness (QED) is 0.835. The Morgan fingerprint density at radius 1 is 1.41 bits per heavy atom. The van der Waals surface area contributed by atoms with Crippen LogP contribution in [0.2, 0.25) is 0 Å². The van der Waals surface area contributed by atoms with Crippen molar-refractivity contribution < 1.29 is 19.1 Å². The lowest BCUT2D eigenvalue weighted by Crippen LogP contribution is -2.41. The van der Waals surface area contributed by atoms with E-state index in [4.69, 9.17) is 9.47 Å². The summed E-state index contributed by atoms with van der Waals surface area (Å²) in [7, 11) is 0. The Morgan fingerprint density at radius 2 is 2.14 bits per heavy atom. The second-order valence-electron chi connectivity index (χ2n) is 6.15. The van der Waals surface area contributed by atoms with Crippen LogP contribution in [0.15, 0.2) is 18.2 Å². The van der Waals surface area contributed by atoms with E-state index in [0.717, 1.165) is 0 Å². The monoisotopic (exact) mass is 306 g/mol. The van der Waals surface area contributed by atoms with Crippen molar-refractivity contribution in [3.63, 3.8) is 0 Å². The highest BCUT2D eigenvalue weighted by Gasteiger charge is 2.27. The predicted molar refractivity (Wildman–Crippen MR) is 83.2 cm³/mol. The molecule has 1 amide bonds. The van der Waals surface area contributed by atoms with Gasteiger partial charge in [0.15, 0.2) is 0 Å². The molecule has 1 unspecified atom stereocenters. The van der Waals surface area contributed by atoms with Gasteiger partial charge in [-0.25, -0.2) is 4.79 Å². The third kappa shape index (κ3) is 3.90. The molecule has 6 nitrogen and oxygen atoms in total. The van der Waals surface area contributed by atoms with Crippen LogP contribution in [-0.4, -0.2) is 36.7 Å². The first-order chi connectivity index (χ1) is 10.3. The van der Waals surface area contributed by atoms with E-state index in [1.54, 1.807) is 25.1 Å². The van der Waals surface area contributed by atoms with Crippen LogP contribution in [0.25, 0.3) is 0 Å². The molecule has 0 aromatic heterocycles. The maximum absolute atomic E-state index is 12.2. The Hall–Kier alpha value is -2.24. The van der Waals surface area contributed by atoms with Crippen LogP contribution in [0.3, 0.4) is 0 Å². The van der Waals surface area contributed by atoms with E-state index in [0.29, 0.717) is 30.2 Å². The van der Waals surface area contributed by atoms with Crippen molar-refractivity contribution in [1.82, 2.24) is 5.32 Å². The van der Waals surface area contributed by atoms with Crippen molar-refractivity contribution in [2.75, 3.05) is 18.5 Å². The normalized spacial score (nSPS) is 16.8. The van der Waals surface area contributed by atoms with Gasteiger partial charge in [0.05, 0.1) is 18.8 Å². The molecule has 1 atom stereocenters. The van der Waals surface area contributed by atoms with Gasteiger partial charge in [-0.3, -0.25) is 4.79 Å². The van der Waals surface area contributed by atoms with E-state index in [9.17, 15) is 9.59 Å². The molecule has 0 radical (unpaired) electrons. The van der Waals surface area contributed by atoms with E-state index >= 15 is 0 Å². The minimum absolute atomic E-state index is 0.149. The summed E-state index contributed by atoms with van der Waals surface area (Å²) >= 11 is 0. The van der Waals surface area contributed by atoms with E-state index in [2.05, 4.69) is 10.6 Å². The lowest BCUT2D eigenvalue weighted by Gasteiger charge is -2.26. The van der Waals surface area contributed by atoms with Gasteiger partial charge in [-0.05, 0) is 45.9 Å². The summed E-state index contributed by atoms with van der Waals surface area (Å²) in [5.74, 6) is -0.00331. The zero-order valence-corrected chi connectivity index (χ0v) is 13.4. The molecule has 1 heterocycles. The summed E-state index contributed by atoms with van der Waals surface area (Å²) in [6, 6.07) is 5.08. The van der Waals surface area contributed by atoms with E-state index in [-0.39, 0.29) is 11.4 Å². The molecule has 0 spiro atoms. The smallest absolute Gasteiger partial charge is 0.349 e. The molecule has 1 aliphatic rings. The van der Waals surface area contributed by atoms with Crippen LogP contribution in [0.4, 0.5) is 5.69 Å². The number of benzene rings is 1. The van der Waals surface area contributed by atoms with Gasteiger partial charge < -0.3 is 20.1 Å². The zero-order valence-electron chi connectivity index (χ0n) is 13.4. The second-order valence-corrected chi connectivity index (χ2v) is 6.15. The largest absolute Gasteiger partial charge is 0.475 e. The van der Waals surface area contributed by atoms with E-state index in [1.807, 2.05) is 20.8 Å². The topological polar surface area (TPSA) is 76.7 Å². The number of nitrogens with one attached hydrogen (secondary N) is 2. The molecule has 0 fully saturated rings. The van der Waals surface area contributed by atoms with Crippen LogP contribution in [0.5, 0.6) is 5.75 Å².